The second-order valence-corrected chi connectivity index (χ2v) is 6.46. The highest BCUT2D eigenvalue weighted by molar-refractivity contribution is 5.83. The summed E-state index contributed by atoms with van der Waals surface area (Å²) in [5, 5.41) is 7.62. The molecular weight excluding hydrogens is 357 g/mol. The normalized spacial score (nSPS) is 11.6. The predicted molar refractivity (Wildman–Crippen MR) is 110 cm³/mol. The summed E-state index contributed by atoms with van der Waals surface area (Å²) in [4.78, 5) is 11.7. The molecule has 0 saturated heterocycles. The third-order valence-electron chi connectivity index (χ3n) is 4.35. The van der Waals surface area contributed by atoms with Gasteiger partial charge in [0.25, 0.3) is 0 Å². The summed E-state index contributed by atoms with van der Waals surface area (Å²) in [6, 6.07) is 8.68. The summed E-state index contributed by atoms with van der Waals surface area (Å²) < 4.78 is 18.8. The number of nitrogens with one attached hydrogen (secondary N) is 3. The number of aromatic nitrogens is 2. The molecule has 0 amide bonds. The van der Waals surface area contributed by atoms with Gasteiger partial charge in [-0.3, -0.25) is 4.99 Å². The number of fused-ring (bicyclic) bond motifs is 1. The van der Waals surface area contributed by atoms with Gasteiger partial charge in [-0.1, -0.05) is 13.0 Å². The van der Waals surface area contributed by atoms with Crippen molar-refractivity contribution in [3.05, 3.63) is 59.7 Å². The lowest BCUT2D eigenvalue weighted by molar-refractivity contribution is 0.305. The molecule has 3 rings (SSSR count). The minimum atomic E-state index is -0.233. The third-order valence-corrected chi connectivity index (χ3v) is 4.35. The number of guanidine groups is 1. The largest absolute Gasteiger partial charge is 0.478 e. The second-order valence-electron chi connectivity index (χ2n) is 6.46. The average Bonchev–Trinajstić information content (AvgIpc) is 3.11. The van der Waals surface area contributed by atoms with Crippen molar-refractivity contribution < 1.29 is 9.13 Å². The van der Waals surface area contributed by atoms with Crippen LogP contribution in [0.4, 0.5) is 4.39 Å². The highest BCUT2D eigenvalue weighted by Crippen LogP contribution is 2.19. The van der Waals surface area contributed by atoms with Gasteiger partial charge in [0.05, 0.1) is 6.61 Å². The van der Waals surface area contributed by atoms with Crippen LogP contribution >= 0.6 is 0 Å². The van der Waals surface area contributed by atoms with Gasteiger partial charge in [-0.25, -0.2) is 9.37 Å². The molecule has 0 bridgehead atoms. The zero-order valence-electron chi connectivity index (χ0n) is 16.3. The number of aromatic amines is 1. The maximum atomic E-state index is 13.3. The second kappa shape index (κ2) is 9.73. The van der Waals surface area contributed by atoms with Crippen LogP contribution < -0.4 is 15.4 Å². The van der Waals surface area contributed by atoms with Gasteiger partial charge in [0, 0.05) is 49.5 Å². The summed E-state index contributed by atoms with van der Waals surface area (Å²) in [5.74, 6) is 1.13. The fraction of sp³-hybridized carbons (Fsp3) is 0.333. The van der Waals surface area contributed by atoms with Crippen molar-refractivity contribution >= 4 is 16.9 Å². The zero-order chi connectivity index (χ0) is 19.8. The summed E-state index contributed by atoms with van der Waals surface area (Å²) >= 11 is 0. The molecule has 0 saturated carbocycles. The Morgan fingerprint density at radius 1 is 1.25 bits per heavy atom. The fourth-order valence-electron chi connectivity index (χ4n) is 2.89. The van der Waals surface area contributed by atoms with E-state index in [0.29, 0.717) is 25.6 Å². The van der Waals surface area contributed by atoms with Gasteiger partial charge in [0.1, 0.15) is 5.82 Å². The molecule has 7 heteroatoms. The predicted octanol–water partition coefficient (Wildman–Crippen LogP) is 3.40. The van der Waals surface area contributed by atoms with Gasteiger partial charge >= 0.3 is 0 Å². The molecule has 1 aromatic carbocycles. The quantitative estimate of drug-likeness (QED) is 0.412. The summed E-state index contributed by atoms with van der Waals surface area (Å²) in [6.07, 6.45) is 5.49. The van der Waals surface area contributed by atoms with E-state index < -0.39 is 0 Å². The molecule has 148 valence electrons. The first-order chi connectivity index (χ1) is 13.7. The monoisotopic (exact) mass is 383 g/mol. The van der Waals surface area contributed by atoms with E-state index in [2.05, 4.69) is 32.5 Å². The molecule has 0 fully saturated rings. The van der Waals surface area contributed by atoms with E-state index in [9.17, 15) is 4.39 Å². The Kier molecular flexibility index (Phi) is 6.84. The Morgan fingerprint density at radius 2 is 2.14 bits per heavy atom. The number of halogens is 1. The van der Waals surface area contributed by atoms with E-state index in [1.165, 1.54) is 12.1 Å². The van der Waals surface area contributed by atoms with Crippen molar-refractivity contribution in [2.45, 2.75) is 26.3 Å². The Morgan fingerprint density at radius 3 is 2.89 bits per heavy atom. The summed E-state index contributed by atoms with van der Waals surface area (Å²) in [5.41, 5.74) is 3.01. The van der Waals surface area contributed by atoms with Gasteiger partial charge in [0.2, 0.25) is 5.88 Å². The van der Waals surface area contributed by atoms with Crippen molar-refractivity contribution in [1.29, 1.82) is 0 Å². The number of ether oxygens (including phenoxy) is 1. The Hall–Kier alpha value is -3.09. The van der Waals surface area contributed by atoms with Crippen molar-refractivity contribution in [2.75, 3.05) is 20.2 Å². The number of rotatable bonds is 8. The van der Waals surface area contributed by atoms with Gasteiger partial charge < -0.3 is 20.4 Å². The highest BCUT2D eigenvalue weighted by Gasteiger charge is 2.05. The maximum absolute atomic E-state index is 13.3. The molecule has 0 aliphatic heterocycles. The van der Waals surface area contributed by atoms with Crippen molar-refractivity contribution in [1.82, 2.24) is 20.6 Å². The van der Waals surface area contributed by atoms with E-state index in [1.807, 2.05) is 24.4 Å². The number of aliphatic imine (C=N–C) groups is 1. The molecule has 6 nitrogen and oxygen atoms in total. The molecule has 28 heavy (non-hydrogen) atoms. The molecule has 0 unspecified atom stereocenters. The van der Waals surface area contributed by atoms with Crippen molar-refractivity contribution in [2.24, 2.45) is 4.99 Å². The van der Waals surface area contributed by atoms with Crippen LogP contribution in [0.15, 0.2) is 47.7 Å². The van der Waals surface area contributed by atoms with Crippen molar-refractivity contribution in [3.63, 3.8) is 0 Å². The first kappa shape index (κ1) is 19.7. The standard InChI is InChI=1S/C21H26FN5O/c1-3-10-28-20-7-4-15(12-26-20)13-27-21(23-2)24-9-8-16-14-25-19-11-17(22)5-6-18(16)19/h4-7,11-12,14,25H,3,8-10,13H2,1-2H3,(H2,23,24,27). The molecule has 2 heterocycles. The van der Waals surface area contributed by atoms with Crippen LogP contribution in [0.1, 0.15) is 24.5 Å². The van der Waals surface area contributed by atoms with Crippen molar-refractivity contribution in [3.8, 4) is 5.88 Å². The Balaban J connectivity index is 1.46. The molecular formula is C21H26FN5O. The molecule has 0 aliphatic carbocycles. The first-order valence-corrected chi connectivity index (χ1v) is 9.47. The smallest absolute Gasteiger partial charge is 0.213 e. The van der Waals surface area contributed by atoms with Crippen LogP contribution in [0.25, 0.3) is 10.9 Å². The highest BCUT2D eigenvalue weighted by atomic mass is 19.1. The topological polar surface area (TPSA) is 74.3 Å². The van der Waals surface area contributed by atoms with Gasteiger partial charge in [-0.2, -0.15) is 0 Å². The number of pyridine rings is 1. The molecule has 0 atom stereocenters. The number of hydrogen-bond acceptors (Lipinski definition) is 3. The molecule has 0 aliphatic rings. The van der Waals surface area contributed by atoms with Gasteiger partial charge in [0.15, 0.2) is 5.96 Å². The van der Waals surface area contributed by atoms with Gasteiger partial charge in [-0.15, -0.1) is 0 Å². The molecule has 0 radical (unpaired) electrons. The Bertz CT molecular complexity index is 920. The molecule has 3 aromatic rings. The van der Waals surface area contributed by atoms with Crippen LogP contribution in [0.2, 0.25) is 0 Å². The SMILES string of the molecule is CCCOc1ccc(CNC(=NC)NCCc2c[nH]c3cc(F)ccc23)cn1. The van der Waals surface area contributed by atoms with E-state index in [1.54, 1.807) is 13.2 Å². The number of benzene rings is 1. The molecule has 0 spiro atoms. The number of nitrogens with zero attached hydrogens (tertiary/aromatic N) is 2. The van der Waals surface area contributed by atoms with Crippen LogP contribution in [0, 0.1) is 5.82 Å². The van der Waals surface area contributed by atoms with Crippen LogP contribution in [0.5, 0.6) is 5.88 Å². The Labute approximate surface area is 164 Å². The summed E-state index contributed by atoms with van der Waals surface area (Å²) in [7, 11) is 1.74. The lowest BCUT2D eigenvalue weighted by Gasteiger charge is -2.12. The van der Waals surface area contributed by atoms with E-state index in [4.69, 9.17) is 4.74 Å². The third kappa shape index (κ3) is 5.22. The maximum Gasteiger partial charge on any atom is 0.213 e. The fourth-order valence-corrected chi connectivity index (χ4v) is 2.89. The first-order valence-electron chi connectivity index (χ1n) is 9.47. The number of H-pyrrole nitrogens is 1. The van der Waals surface area contributed by atoms with Crippen LogP contribution in [0.3, 0.4) is 0 Å². The molecule has 2 aromatic heterocycles. The van der Waals surface area contributed by atoms with E-state index in [-0.39, 0.29) is 5.82 Å². The average molecular weight is 383 g/mol. The minimum Gasteiger partial charge on any atom is -0.478 e. The minimum absolute atomic E-state index is 0.233. The summed E-state index contributed by atoms with van der Waals surface area (Å²) in [6.45, 7) is 4.07. The van der Waals surface area contributed by atoms with E-state index in [0.717, 1.165) is 40.8 Å². The van der Waals surface area contributed by atoms with Gasteiger partial charge in [-0.05, 0) is 42.2 Å². The number of hydrogen-bond donors (Lipinski definition) is 3. The lowest BCUT2D eigenvalue weighted by atomic mass is 10.1. The lowest BCUT2D eigenvalue weighted by Crippen LogP contribution is -2.37. The zero-order valence-corrected chi connectivity index (χ0v) is 16.3. The van der Waals surface area contributed by atoms with E-state index >= 15 is 0 Å². The van der Waals surface area contributed by atoms with Crippen LogP contribution in [-0.2, 0) is 13.0 Å². The molecule has 3 N–H and O–H groups in total. The van der Waals surface area contributed by atoms with Crippen LogP contribution in [-0.4, -0.2) is 36.1 Å².